The second kappa shape index (κ2) is 9.77. The van der Waals surface area contributed by atoms with Crippen LogP contribution in [-0.4, -0.2) is 43.5 Å². The van der Waals surface area contributed by atoms with Crippen molar-refractivity contribution in [1.82, 2.24) is 4.90 Å². The van der Waals surface area contributed by atoms with Gasteiger partial charge in [-0.05, 0) is 43.1 Å². The van der Waals surface area contributed by atoms with Gasteiger partial charge in [0.2, 0.25) is 5.91 Å². The second-order valence-electron chi connectivity index (χ2n) is 6.97. The summed E-state index contributed by atoms with van der Waals surface area (Å²) in [5.74, 6) is 0.0432. The minimum Gasteiger partial charge on any atom is -0.367 e. The van der Waals surface area contributed by atoms with Crippen LogP contribution in [-0.2, 0) is 11.2 Å². The molecular weight excluding hydrogens is 358 g/mol. The van der Waals surface area contributed by atoms with E-state index in [2.05, 4.69) is 34.2 Å². The van der Waals surface area contributed by atoms with Gasteiger partial charge in [0.15, 0.2) is 0 Å². The van der Waals surface area contributed by atoms with Gasteiger partial charge >= 0.3 is 0 Å². The first-order chi connectivity index (χ1) is 13.2. The molecule has 1 amide bonds. The van der Waals surface area contributed by atoms with Gasteiger partial charge in [-0.2, -0.15) is 0 Å². The van der Waals surface area contributed by atoms with Crippen LogP contribution in [0.5, 0.6) is 0 Å². The summed E-state index contributed by atoms with van der Waals surface area (Å²) >= 11 is 6.19. The number of benzene rings is 2. The van der Waals surface area contributed by atoms with Gasteiger partial charge in [-0.3, -0.25) is 4.79 Å². The van der Waals surface area contributed by atoms with Gasteiger partial charge in [0, 0.05) is 37.6 Å². The molecule has 5 heteroatoms. The second-order valence-corrected chi connectivity index (χ2v) is 7.41. The summed E-state index contributed by atoms with van der Waals surface area (Å²) in [7, 11) is 0. The van der Waals surface area contributed by atoms with Crippen molar-refractivity contribution >= 4 is 28.9 Å². The Kier molecular flexibility index (Phi) is 7.13. The Morgan fingerprint density at radius 3 is 2.52 bits per heavy atom. The Morgan fingerprint density at radius 1 is 1.07 bits per heavy atom. The Hall–Kier alpha value is -2.04. The number of hydrogen-bond donors (Lipinski definition) is 1. The molecular formula is C22H28ClN3O. The highest BCUT2D eigenvalue weighted by atomic mass is 35.5. The van der Waals surface area contributed by atoms with Crippen LogP contribution >= 0.6 is 11.6 Å². The van der Waals surface area contributed by atoms with Gasteiger partial charge in [-0.1, -0.05) is 48.9 Å². The number of likely N-dealkylation sites (N-methyl/N-ethyl adjacent to an activating group) is 1. The van der Waals surface area contributed by atoms with Crippen LogP contribution in [0, 0.1) is 0 Å². The summed E-state index contributed by atoms with van der Waals surface area (Å²) in [6.07, 6.45) is 2.25. The normalized spacial score (nSPS) is 15.0. The number of nitrogens with one attached hydrogen (secondary N) is 1. The fraction of sp³-hybridized carbons (Fsp3) is 0.409. The van der Waals surface area contributed by atoms with Crippen molar-refractivity contribution in [3.8, 4) is 0 Å². The van der Waals surface area contributed by atoms with Crippen LogP contribution in [0.4, 0.5) is 11.4 Å². The standard InChI is InChI=1S/C22H28ClN3O/c1-2-25-13-15-26(16-14-25)21-12-11-19(23)17-20(21)24-22(27)10-6-9-18-7-4-3-5-8-18/h3-5,7-8,11-12,17H,2,6,9-10,13-16H2,1H3,(H,24,27). The third kappa shape index (κ3) is 5.72. The molecule has 4 nitrogen and oxygen atoms in total. The van der Waals surface area contributed by atoms with Gasteiger partial charge in [0.1, 0.15) is 0 Å². The number of aryl methyl sites for hydroxylation is 1. The minimum absolute atomic E-state index is 0.0432. The van der Waals surface area contributed by atoms with Crippen LogP contribution in [0.25, 0.3) is 0 Å². The van der Waals surface area contributed by atoms with Gasteiger partial charge in [-0.25, -0.2) is 0 Å². The first-order valence-corrected chi connectivity index (χ1v) is 10.1. The average molecular weight is 386 g/mol. The third-order valence-corrected chi connectivity index (χ3v) is 5.34. The molecule has 0 atom stereocenters. The van der Waals surface area contributed by atoms with E-state index in [9.17, 15) is 4.79 Å². The molecule has 0 saturated carbocycles. The maximum atomic E-state index is 12.5. The van der Waals surface area contributed by atoms with Gasteiger partial charge in [-0.15, -0.1) is 0 Å². The minimum atomic E-state index is 0.0432. The van der Waals surface area contributed by atoms with E-state index in [4.69, 9.17) is 11.6 Å². The predicted molar refractivity (Wildman–Crippen MR) is 114 cm³/mol. The summed E-state index contributed by atoms with van der Waals surface area (Å²) in [6.45, 7) is 7.30. The first kappa shape index (κ1) is 19.7. The van der Waals surface area contributed by atoms with Crippen LogP contribution in [0.15, 0.2) is 48.5 Å². The van der Waals surface area contributed by atoms with E-state index in [1.165, 1.54) is 5.56 Å². The topological polar surface area (TPSA) is 35.6 Å². The highest BCUT2D eigenvalue weighted by Gasteiger charge is 2.19. The number of carbonyl (C=O) groups excluding carboxylic acids is 1. The lowest BCUT2D eigenvalue weighted by molar-refractivity contribution is -0.116. The number of halogens is 1. The lowest BCUT2D eigenvalue weighted by atomic mass is 10.1. The molecule has 144 valence electrons. The Labute approximate surface area is 167 Å². The van der Waals surface area contributed by atoms with Crippen LogP contribution in [0.3, 0.4) is 0 Å². The quantitative estimate of drug-likeness (QED) is 0.765. The highest BCUT2D eigenvalue weighted by Crippen LogP contribution is 2.30. The van der Waals surface area contributed by atoms with Crippen molar-refractivity contribution < 1.29 is 4.79 Å². The molecule has 0 bridgehead atoms. The number of rotatable bonds is 7. The summed E-state index contributed by atoms with van der Waals surface area (Å²) in [5.41, 5.74) is 3.14. The summed E-state index contributed by atoms with van der Waals surface area (Å²) < 4.78 is 0. The van der Waals surface area contributed by atoms with Crippen molar-refractivity contribution in [1.29, 1.82) is 0 Å². The molecule has 1 aliphatic rings. The molecule has 1 heterocycles. The summed E-state index contributed by atoms with van der Waals surface area (Å²) in [4.78, 5) is 17.2. The molecule has 1 aliphatic heterocycles. The van der Waals surface area contributed by atoms with E-state index in [1.54, 1.807) is 0 Å². The number of nitrogens with zero attached hydrogens (tertiary/aromatic N) is 2. The molecule has 0 aliphatic carbocycles. The van der Waals surface area contributed by atoms with E-state index >= 15 is 0 Å². The molecule has 2 aromatic carbocycles. The van der Waals surface area contributed by atoms with Crippen molar-refractivity contribution in [3.63, 3.8) is 0 Å². The van der Waals surface area contributed by atoms with Gasteiger partial charge < -0.3 is 15.1 Å². The number of carbonyl (C=O) groups is 1. The fourth-order valence-corrected chi connectivity index (χ4v) is 3.67. The van der Waals surface area contributed by atoms with E-state index in [0.717, 1.165) is 56.9 Å². The zero-order valence-corrected chi connectivity index (χ0v) is 16.7. The number of hydrogen-bond acceptors (Lipinski definition) is 3. The van der Waals surface area contributed by atoms with Crippen molar-refractivity contribution in [2.45, 2.75) is 26.2 Å². The van der Waals surface area contributed by atoms with E-state index in [-0.39, 0.29) is 5.91 Å². The molecule has 0 radical (unpaired) electrons. The Bertz CT molecular complexity index is 742. The maximum absolute atomic E-state index is 12.5. The maximum Gasteiger partial charge on any atom is 0.224 e. The highest BCUT2D eigenvalue weighted by molar-refractivity contribution is 6.31. The lowest BCUT2D eigenvalue weighted by Crippen LogP contribution is -2.46. The summed E-state index contributed by atoms with van der Waals surface area (Å²) in [6, 6.07) is 16.1. The molecule has 3 rings (SSSR count). The number of anilines is 2. The fourth-order valence-electron chi connectivity index (χ4n) is 3.50. The van der Waals surface area contributed by atoms with E-state index in [0.29, 0.717) is 11.4 Å². The predicted octanol–water partition coefficient (Wildman–Crippen LogP) is 4.44. The molecule has 1 fully saturated rings. The molecule has 2 aromatic rings. The SMILES string of the molecule is CCN1CCN(c2ccc(Cl)cc2NC(=O)CCCc2ccccc2)CC1. The smallest absolute Gasteiger partial charge is 0.224 e. The van der Waals surface area contributed by atoms with Crippen LogP contribution in [0.2, 0.25) is 5.02 Å². The molecule has 0 unspecified atom stereocenters. The van der Waals surface area contributed by atoms with Gasteiger partial charge in [0.25, 0.3) is 0 Å². The molecule has 1 saturated heterocycles. The zero-order chi connectivity index (χ0) is 19.1. The largest absolute Gasteiger partial charge is 0.367 e. The van der Waals surface area contributed by atoms with Crippen molar-refractivity contribution in [2.75, 3.05) is 42.9 Å². The number of amides is 1. The van der Waals surface area contributed by atoms with E-state index < -0.39 is 0 Å². The average Bonchev–Trinajstić information content (AvgIpc) is 2.69. The van der Waals surface area contributed by atoms with Crippen LogP contribution in [0.1, 0.15) is 25.3 Å². The first-order valence-electron chi connectivity index (χ1n) is 9.76. The van der Waals surface area contributed by atoms with E-state index in [1.807, 2.05) is 36.4 Å². The monoisotopic (exact) mass is 385 g/mol. The van der Waals surface area contributed by atoms with Crippen molar-refractivity contribution in [3.05, 3.63) is 59.1 Å². The Balaban J connectivity index is 1.58. The third-order valence-electron chi connectivity index (χ3n) is 5.10. The van der Waals surface area contributed by atoms with Gasteiger partial charge in [0.05, 0.1) is 11.4 Å². The zero-order valence-electron chi connectivity index (χ0n) is 16.0. The van der Waals surface area contributed by atoms with Crippen LogP contribution < -0.4 is 10.2 Å². The molecule has 1 N–H and O–H groups in total. The van der Waals surface area contributed by atoms with Crippen molar-refractivity contribution in [2.24, 2.45) is 0 Å². The number of piperazine rings is 1. The molecule has 0 spiro atoms. The summed E-state index contributed by atoms with van der Waals surface area (Å²) in [5, 5.41) is 3.73. The Morgan fingerprint density at radius 2 is 1.81 bits per heavy atom. The molecule has 0 aromatic heterocycles. The molecule has 27 heavy (non-hydrogen) atoms. The lowest BCUT2D eigenvalue weighted by Gasteiger charge is -2.36.